The van der Waals surface area contributed by atoms with Gasteiger partial charge in [-0.1, -0.05) is 0 Å². The molecule has 112 valence electrons. The molecule has 0 aromatic carbocycles. The van der Waals surface area contributed by atoms with Crippen molar-refractivity contribution in [3.05, 3.63) is 22.8 Å². The molecule has 0 bridgehead atoms. The van der Waals surface area contributed by atoms with Gasteiger partial charge in [0.15, 0.2) is 5.82 Å². The zero-order valence-corrected chi connectivity index (χ0v) is 12.7. The number of nitrogens with one attached hydrogen (secondary N) is 1. The van der Waals surface area contributed by atoms with Gasteiger partial charge in [0.1, 0.15) is 6.61 Å². The minimum absolute atomic E-state index is 0.496. The molecule has 0 fully saturated rings. The molecule has 0 spiro atoms. The van der Waals surface area contributed by atoms with E-state index in [0.29, 0.717) is 12.5 Å². The molecule has 1 aromatic rings. The summed E-state index contributed by atoms with van der Waals surface area (Å²) in [6.07, 6.45) is 3.32. The average Bonchev–Trinajstić information content (AvgIpc) is 2.44. The highest BCUT2D eigenvalue weighted by atomic mass is 16.5. The second-order valence-corrected chi connectivity index (χ2v) is 5.39. The summed E-state index contributed by atoms with van der Waals surface area (Å²) in [6.45, 7) is 5.31. The number of methoxy groups -OCH3 is 2. The monoisotopic (exact) mass is 279 g/mol. The number of fused-ring (bicyclic) bond motifs is 1. The molecule has 1 aliphatic carbocycles. The molecule has 1 aliphatic rings. The largest absolute Gasteiger partial charge is 0.383 e. The maximum atomic E-state index is 5.12. The van der Waals surface area contributed by atoms with E-state index < -0.39 is 0 Å². The van der Waals surface area contributed by atoms with E-state index in [4.69, 9.17) is 9.47 Å². The summed E-state index contributed by atoms with van der Waals surface area (Å²) < 4.78 is 10.2. The fraction of sp³-hybridized carbons (Fsp3) is 0.733. The molecule has 0 radical (unpaired) electrons. The van der Waals surface area contributed by atoms with Crippen molar-refractivity contribution < 1.29 is 9.47 Å². The molecule has 0 aliphatic heterocycles. The molecule has 1 N–H and O–H groups in total. The lowest BCUT2D eigenvalue weighted by Crippen LogP contribution is -2.30. The molecule has 0 amide bonds. The van der Waals surface area contributed by atoms with E-state index in [1.54, 1.807) is 14.2 Å². The Kier molecular flexibility index (Phi) is 5.88. The molecule has 0 saturated heterocycles. The van der Waals surface area contributed by atoms with Gasteiger partial charge < -0.3 is 14.8 Å². The predicted molar refractivity (Wildman–Crippen MR) is 77.7 cm³/mol. The van der Waals surface area contributed by atoms with Crippen LogP contribution < -0.4 is 5.32 Å². The number of hydrogen-bond donors (Lipinski definition) is 1. The number of rotatable bonds is 7. The summed E-state index contributed by atoms with van der Waals surface area (Å²) in [5, 5.41) is 3.45. The van der Waals surface area contributed by atoms with Gasteiger partial charge in [0.25, 0.3) is 0 Å². The third-order valence-electron chi connectivity index (χ3n) is 3.82. The average molecular weight is 279 g/mol. The molecule has 20 heavy (non-hydrogen) atoms. The third-order valence-corrected chi connectivity index (χ3v) is 3.82. The number of hydrogen-bond acceptors (Lipinski definition) is 5. The lowest BCUT2D eigenvalue weighted by Gasteiger charge is -2.25. The first-order chi connectivity index (χ1) is 9.74. The van der Waals surface area contributed by atoms with Gasteiger partial charge in [-0.05, 0) is 44.2 Å². The van der Waals surface area contributed by atoms with Crippen molar-refractivity contribution in [3.63, 3.8) is 0 Å². The zero-order valence-electron chi connectivity index (χ0n) is 12.7. The number of aryl methyl sites for hydroxylation is 2. The van der Waals surface area contributed by atoms with E-state index in [1.807, 2.05) is 0 Å². The van der Waals surface area contributed by atoms with Crippen LogP contribution in [-0.4, -0.2) is 43.9 Å². The van der Waals surface area contributed by atoms with Crippen molar-refractivity contribution >= 4 is 0 Å². The van der Waals surface area contributed by atoms with E-state index in [-0.39, 0.29) is 0 Å². The molecule has 1 atom stereocenters. The zero-order chi connectivity index (χ0) is 14.4. The summed E-state index contributed by atoms with van der Waals surface area (Å²) in [6, 6.07) is 0. The van der Waals surface area contributed by atoms with Crippen molar-refractivity contribution in [2.24, 2.45) is 5.92 Å². The first-order valence-electron chi connectivity index (χ1n) is 7.28. The molecular formula is C15H25N3O2. The Balaban J connectivity index is 1.96. The number of aromatic nitrogens is 2. The number of ether oxygens (including phenoxy) is 2. The molecule has 2 rings (SSSR count). The Labute approximate surface area is 121 Å². The second kappa shape index (κ2) is 7.67. The number of nitrogens with zero attached hydrogens (tertiary/aromatic N) is 2. The molecule has 0 saturated carbocycles. The van der Waals surface area contributed by atoms with E-state index in [9.17, 15) is 0 Å². The van der Waals surface area contributed by atoms with Crippen molar-refractivity contribution in [3.8, 4) is 0 Å². The Hall–Kier alpha value is -1.04. The maximum Gasteiger partial charge on any atom is 0.154 e. The van der Waals surface area contributed by atoms with Crippen LogP contribution in [0.25, 0.3) is 0 Å². The van der Waals surface area contributed by atoms with Crippen molar-refractivity contribution in [2.45, 2.75) is 32.8 Å². The minimum Gasteiger partial charge on any atom is -0.383 e. The van der Waals surface area contributed by atoms with Crippen LogP contribution in [0.3, 0.4) is 0 Å². The maximum absolute atomic E-state index is 5.12. The van der Waals surface area contributed by atoms with Crippen molar-refractivity contribution in [1.29, 1.82) is 0 Å². The van der Waals surface area contributed by atoms with Gasteiger partial charge >= 0.3 is 0 Å². The fourth-order valence-electron chi connectivity index (χ4n) is 2.77. The fourth-order valence-corrected chi connectivity index (χ4v) is 2.77. The summed E-state index contributed by atoms with van der Waals surface area (Å²) in [7, 11) is 3.41. The van der Waals surface area contributed by atoms with Gasteiger partial charge in [-0.25, -0.2) is 9.97 Å². The molecule has 5 heteroatoms. The Morgan fingerprint density at radius 2 is 2.10 bits per heavy atom. The van der Waals surface area contributed by atoms with Crippen LogP contribution in [0.15, 0.2) is 0 Å². The summed E-state index contributed by atoms with van der Waals surface area (Å²) in [5.74, 6) is 1.48. The Bertz CT molecular complexity index is 437. The normalized spacial score (nSPS) is 18.1. The quantitative estimate of drug-likeness (QED) is 0.762. The molecule has 1 aromatic heterocycles. The van der Waals surface area contributed by atoms with Gasteiger partial charge in [-0.2, -0.15) is 0 Å². The SMILES string of the molecule is COCCNCC1CCc2nc(COC)nc(C)c2C1. The molecule has 1 heterocycles. The van der Waals surface area contributed by atoms with Gasteiger partial charge in [0, 0.05) is 32.2 Å². The first kappa shape index (κ1) is 15.4. The van der Waals surface area contributed by atoms with Crippen LogP contribution in [0, 0.1) is 12.8 Å². The highest BCUT2D eigenvalue weighted by molar-refractivity contribution is 5.28. The topological polar surface area (TPSA) is 56.3 Å². The Morgan fingerprint density at radius 3 is 2.85 bits per heavy atom. The van der Waals surface area contributed by atoms with Crippen LogP contribution in [0.4, 0.5) is 0 Å². The van der Waals surface area contributed by atoms with Crippen LogP contribution in [0.2, 0.25) is 0 Å². The summed E-state index contributed by atoms with van der Waals surface area (Å²) >= 11 is 0. The van der Waals surface area contributed by atoms with Crippen LogP contribution in [0.1, 0.15) is 29.2 Å². The first-order valence-corrected chi connectivity index (χ1v) is 7.28. The van der Waals surface area contributed by atoms with Gasteiger partial charge in [0.2, 0.25) is 0 Å². The van der Waals surface area contributed by atoms with E-state index in [1.165, 1.54) is 17.7 Å². The Morgan fingerprint density at radius 1 is 1.25 bits per heavy atom. The highest BCUT2D eigenvalue weighted by Crippen LogP contribution is 2.25. The van der Waals surface area contributed by atoms with Crippen LogP contribution in [-0.2, 0) is 28.9 Å². The van der Waals surface area contributed by atoms with Crippen molar-refractivity contribution in [1.82, 2.24) is 15.3 Å². The lowest BCUT2D eigenvalue weighted by molar-refractivity contribution is 0.177. The van der Waals surface area contributed by atoms with Crippen LogP contribution in [0.5, 0.6) is 0 Å². The van der Waals surface area contributed by atoms with Crippen molar-refractivity contribution in [2.75, 3.05) is 33.9 Å². The predicted octanol–water partition coefficient (Wildman–Crippen LogP) is 1.27. The van der Waals surface area contributed by atoms with Crippen LogP contribution >= 0.6 is 0 Å². The highest BCUT2D eigenvalue weighted by Gasteiger charge is 2.22. The summed E-state index contributed by atoms with van der Waals surface area (Å²) in [5.41, 5.74) is 3.68. The third kappa shape index (κ3) is 3.98. The standard InChI is InChI=1S/C15H25N3O2/c1-11-13-8-12(9-16-6-7-19-2)4-5-14(13)18-15(17-11)10-20-3/h12,16H,4-10H2,1-3H3. The second-order valence-electron chi connectivity index (χ2n) is 5.39. The van der Waals surface area contributed by atoms with Gasteiger partial charge in [-0.15, -0.1) is 0 Å². The van der Waals surface area contributed by atoms with Gasteiger partial charge in [0.05, 0.1) is 6.61 Å². The van der Waals surface area contributed by atoms with Gasteiger partial charge in [-0.3, -0.25) is 0 Å². The van der Waals surface area contributed by atoms with E-state index >= 15 is 0 Å². The smallest absolute Gasteiger partial charge is 0.154 e. The van der Waals surface area contributed by atoms with E-state index in [0.717, 1.165) is 44.1 Å². The minimum atomic E-state index is 0.496. The lowest BCUT2D eigenvalue weighted by atomic mass is 9.85. The molecular weight excluding hydrogens is 254 g/mol. The molecule has 5 nitrogen and oxygen atoms in total. The van der Waals surface area contributed by atoms with E-state index in [2.05, 4.69) is 22.2 Å². The summed E-state index contributed by atoms with van der Waals surface area (Å²) in [4.78, 5) is 9.18. The molecule has 1 unspecified atom stereocenters.